The lowest BCUT2D eigenvalue weighted by molar-refractivity contribution is -0.105. The van der Waals surface area contributed by atoms with Gasteiger partial charge in [0.15, 0.2) is 5.75 Å². The minimum atomic E-state index is -1.16. The molecule has 5 nitrogen and oxygen atoms in total. The second-order valence-corrected chi connectivity index (χ2v) is 3.43. The lowest BCUT2D eigenvalue weighted by Gasteiger charge is -2.14. The Morgan fingerprint density at radius 1 is 1.62 bits per heavy atom. The van der Waals surface area contributed by atoms with Crippen LogP contribution in [0.15, 0.2) is 6.07 Å². The summed E-state index contributed by atoms with van der Waals surface area (Å²) in [6.45, 7) is 1.59. The number of carbonyl (C=O) groups is 2. The minimum absolute atomic E-state index is 0.0339. The highest BCUT2D eigenvalue weighted by Gasteiger charge is 2.20. The highest BCUT2D eigenvalue weighted by atomic mass is 35.5. The Morgan fingerprint density at radius 3 is 2.69 bits per heavy atom. The van der Waals surface area contributed by atoms with Gasteiger partial charge in [-0.25, -0.2) is 4.79 Å². The van der Waals surface area contributed by atoms with Crippen LogP contribution in [0.3, 0.4) is 0 Å². The summed E-state index contributed by atoms with van der Waals surface area (Å²) >= 11 is 5.87. The van der Waals surface area contributed by atoms with Gasteiger partial charge in [0.1, 0.15) is 0 Å². The van der Waals surface area contributed by atoms with Gasteiger partial charge in [0, 0.05) is 0 Å². The molecule has 1 aromatic rings. The maximum atomic E-state index is 11.0. The predicted molar refractivity (Wildman–Crippen MR) is 59.4 cm³/mol. The van der Waals surface area contributed by atoms with Crippen LogP contribution in [-0.4, -0.2) is 24.6 Å². The summed E-state index contributed by atoms with van der Waals surface area (Å²) in [6, 6.07) is 1.47. The molecule has 0 aliphatic carbocycles. The van der Waals surface area contributed by atoms with Gasteiger partial charge in [-0.05, 0) is 18.6 Å². The number of amides is 1. The summed E-state index contributed by atoms with van der Waals surface area (Å²) in [4.78, 5) is 21.5. The number of ether oxygens (including phenoxy) is 1. The fourth-order valence-electron chi connectivity index (χ4n) is 1.43. The first-order valence-electron chi connectivity index (χ1n) is 4.33. The van der Waals surface area contributed by atoms with E-state index in [1.807, 2.05) is 0 Å². The van der Waals surface area contributed by atoms with Crippen molar-refractivity contribution in [3.05, 3.63) is 22.2 Å². The van der Waals surface area contributed by atoms with Gasteiger partial charge in [0.25, 0.3) is 0 Å². The van der Waals surface area contributed by atoms with Gasteiger partial charge in [-0.1, -0.05) is 11.6 Å². The van der Waals surface area contributed by atoms with Crippen molar-refractivity contribution in [1.82, 2.24) is 0 Å². The normalized spacial score (nSPS) is 9.69. The zero-order chi connectivity index (χ0) is 12.3. The molecule has 6 heteroatoms. The standard InChI is InChI=1S/C10H10ClNO4/c1-5-3-6(11)9(16-2)8(12-4-13)7(5)10(14)15/h3-4H,1-2H3,(H,12,13)(H,14,15). The number of carboxylic acids is 1. The molecule has 0 aliphatic heterocycles. The lowest BCUT2D eigenvalue weighted by atomic mass is 10.1. The molecule has 0 aromatic heterocycles. The van der Waals surface area contributed by atoms with Crippen molar-refractivity contribution >= 4 is 29.7 Å². The minimum Gasteiger partial charge on any atom is -0.493 e. The van der Waals surface area contributed by atoms with E-state index in [9.17, 15) is 9.59 Å². The Hall–Kier alpha value is -1.75. The monoisotopic (exact) mass is 243 g/mol. The molecule has 1 rings (SSSR count). The average molecular weight is 244 g/mol. The second-order valence-electron chi connectivity index (χ2n) is 3.03. The molecule has 1 aromatic carbocycles. The molecule has 1 amide bonds. The number of hydrogen-bond acceptors (Lipinski definition) is 3. The van der Waals surface area contributed by atoms with Gasteiger partial charge in [-0.15, -0.1) is 0 Å². The molecule has 86 valence electrons. The molecular weight excluding hydrogens is 234 g/mol. The molecule has 0 spiro atoms. The van der Waals surface area contributed by atoms with E-state index in [1.54, 1.807) is 6.92 Å². The predicted octanol–water partition coefficient (Wildman–Crippen LogP) is 1.92. The number of benzene rings is 1. The summed E-state index contributed by atoms with van der Waals surface area (Å²) in [5.41, 5.74) is 0.478. The van der Waals surface area contributed by atoms with Crippen LogP contribution in [0.4, 0.5) is 5.69 Å². The fourth-order valence-corrected chi connectivity index (χ4v) is 1.77. The molecule has 0 unspecified atom stereocenters. The summed E-state index contributed by atoms with van der Waals surface area (Å²) in [6.07, 6.45) is 0.375. The molecule has 2 N–H and O–H groups in total. The number of carbonyl (C=O) groups excluding carboxylic acids is 1. The van der Waals surface area contributed by atoms with E-state index >= 15 is 0 Å². The van der Waals surface area contributed by atoms with Crippen LogP contribution in [0.1, 0.15) is 15.9 Å². The van der Waals surface area contributed by atoms with Crippen LogP contribution >= 0.6 is 11.6 Å². The molecule has 0 fully saturated rings. The molecule has 16 heavy (non-hydrogen) atoms. The Balaban J connectivity index is 3.57. The maximum absolute atomic E-state index is 11.0. The number of nitrogens with one attached hydrogen (secondary N) is 1. The van der Waals surface area contributed by atoms with E-state index in [4.69, 9.17) is 21.4 Å². The summed E-state index contributed by atoms with van der Waals surface area (Å²) in [7, 11) is 1.35. The van der Waals surface area contributed by atoms with E-state index < -0.39 is 5.97 Å². The van der Waals surface area contributed by atoms with Gasteiger partial charge < -0.3 is 15.2 Å². The lowest BCUT2D eigenvalue weighted by Crippen LogP contribution is -2.09. The van der Waals surface area contributed by atoms with Crippen molar-refractivity contribution in [3.63, 3.8) is 0 Å². The summed E-state index contributed by atoms with van der Waals surface area (Å²) in [5, 5.41) is 11.6. The third-order valence-corrected chi connectivity index (χ3v) is 2.33. The molecule has 0 aliphatic rings. The van der Waals surface area contributed by atoms with Gasteiger partial charge in [-0.2, -0.15) is 0 Å². The van der Waals surface area contributed by atoms with Gasteiger partial charge >= 0.3 is 5.97 Å². The van der Waals surface area contributed by atoms with Crippen molar-refractivity contribution in [1.29, 1.82) is 0 Å². The van der Waals surface area contributed by atoms with E-state index in [0.29, 0.717) is 12.0 Å². The van der Waals surface area contributed by atoms with Crippen LogP contribution in [0.2, 0.25) is 5.02 Å². The molecule has 0 heterocycles. The molecule has 0 radical (unpaired) electrons. The molecule has 0 saturated carbocycles. The highest BCUT2D eigenvalue weighted by Crippen LogP contribution is 2.37. The number of aromatic carboxylic acids is 1. The number of aryl methyl sites for hydroxylation is 1. The SMILES string of the molecule is COc1c(Cl)cc(C)c(C(=O)O)c1NC=O. The maximum Gasteiger partial charge on any atom is 0.338 e. The van der Waals surface area contributed by atoms with E-state index in [0.717, 1.165) is 0 Å². The van der Waals surface area contributed by atoms with Crippen LogP contribution < -0.4 is 10.1 Å². The van der Waals surface area contributed by atoms with Crippen LogP contribution in [0.25, 0.3) is 0 Å². The number of carboxylic acid groups (broad SMARTS) is 1. The average Bonchev–Trinajstić information content (AvgIpc) is 2.17. The zero-order valence-electron chi connectivity index (χ0n) is 8.70. The van der Waals surface area contributed by atoms with E-state index in [-0.39, 0.29) is 22.0 Å². The summed E-state index contributed by atoms with van der Waals surface area (Å²) < 4.78 is 4.96. The van der Waals surface area contributed by atoms with E-state index in [2.05, 4.69) is 5.32 Å². The van der Waals surface area contributed by atoms with Crippen molar-refractivity contribution in [2.45, 2.75) is 6.92 Å². The van der Waals surface area contributed by atoms with Crippen LogP contribution in [0.5, 0.6) is 5.75 Å². The van der Waals surface area contributed by atoms with Crippen molar-refractivity contribution in [2.75, 3.05) is 12.4 Å². The summed E-state index contributed by atoms with van der Waals surface area (Å²) in [5.74, 6) is -1.02. The van der Waals surface area contributed by atoms with Gasteiger partial charge in [0.2, 0.25) is 6.41 Å². The number of methoxy groups -OCH3 is 1. The van der Waals surface area contributed by atoms with Gasteiger partial charge in [-0.3, -0.25) is 4.79 Å². The third-order valence-electron chi connectivity index (χ3n) is 2.05. The number of anilines is 1. The third kappa shape index (κ3) is 2.09. The molecule has 0 saturated heterocycles. The smallest absolute Gasteiger partial charge is 0.338 e. The Bertz CT molecular complexity index is 445. The Kier molecular flexibility index (Phi) is 3.73. The Labute approximate surface area is 97.0 Å². The second kappa shape index (κ2) is 4.85. The van der Waals surface area contributed by atoms with Crippen molar-refractivity contribution in [2.24, 2.45) is 0 Å². The number of rotatable bonds is 4. The van der Waals surface area contributed by atoms with Crippen molar-refractivity contribution < 1.29 is 19.4 Å². The Morgan fingerprint density at radius 2 is 2.25 bits per heavy atom. The fraction of sp³-hybridized carbons (Fsp3) is 0.200. The first kappa shape index (κ1) is 12.3. The topological polar surface area (TPSA) is 75.6 Å². The van der Waals surface area contributed by atoms with Crippen molar-refractivity contribution in [3.8, 4) is 5.75 Å². The number of halogens is 1. The van der Waals surface area contributed by atoms with Crippen LogP contribution in [0, 0.1) is 6.92 Å². The van der Waals surface area contributed by atoms with E-state index in [1.165, 1.54) is 13.2 Å². The first-order chi connectivity index (χ1) is 7.52. The van der Waals surface area contributed by atoms with Gasteiger partial charge in [0.05, 0.1) is 23.4 Å². The molecule has 0 atom stereocenters. The molecule has 0 bridgehead atoms. The zero-order valence-corrected chi connectivity index (χ0v) is 9.46. The molecular formula is C10H10ClNO4. The first-order valence-corrected chi connectivity index (χ1v) is 4.71. The quantitative estimate of drug-likeness (QED) is 0.793. The van der Waals surface area contributed by atoms with Crippen LogP contribution in [-0.2, 0) is 4.79 Å². The largest absolute Gasteiger partial charge is 0.493 e. The number of hydrogen-bond donors (Lipinski definition) is 2. The highest BCUT2D eigenvalue weighted by molar-refractivity contribution is 6.33.